The minimum Gasteiger partial charge on any atom is -0.491 e. The maximum Gasteiger partial charge on any atom is 0.340 e. The van der Waals surface area contributed by atoms with Gasteiger partial charge in [-0.3, -0.25) is 0 Å². The van der Waals surface area contributed by atoms with Gasteiger partial charge in [0.15, 0.2) is 0 Å². The topological polar surface area (TPSA) is 79.3 Å². The standard InChI is InChI=1S/C23H23NO6/c1-3-27-23(26)22-15(2)24(12-21(25)30-16-7-5-4-6-8-16)20-10-9-17(11-19(20)22)28-13-18-14-29-18/h4-11,18H,3,12-14H2,1-2H3. The number of rotatable bonds is 8. The molecular formula is C23H23NO6. The van der Waals surface area contributed by atoms with Crippen LogP contribution >= 0.6 is 0 Å². The molecule has 1 fully saturated rings. The molecule has 0 bridgehead atoms. The van der Waals surface area contributed by atoms with Crippen molar-refractivity contribution in [2.75, 3.05) is 19.8 Å². The van der Waals surface area contributed by atoms with Gasteiger partial charge in [-0.25, -0.2) is 9.59 Å². The van der Waals surface area contributed by atoms with E-state index in [1.54, 1.807) is 48.7 Å². The molecule has 3 aromatic rings. The van der Waals surface area contributed by atoms with Crippen LogP contribution in [-0.4, -0.2) is 42.4 Å². The summed E-state index contributed by atoms with van der Waals surface area (Å²) in [7, 11) is 0. The molecule has 0 saturated carbocycles. The van der Waals surface area contributed by atoms with Crippen LogP contribution in [0, 0.1) is 6.92 Å². The Kier molecular flexibility index (Phi) is 5.72. The Bertz CT molecular complexity index is 1070. The number of hydrogen-bond donors (Lipinski definition) is 0. The molecule has 2 aromatic carbocycles. The van der Waals surface area contributed by atoms with Crippen molar-refractivity contribution in [2.24, 2.45) is 0 Å². The fraction of sp³-hybridized carbons (Fsp3) is 0.304. The van der Waals surface area contributed by atoms with Crippen molar-refractivity contribution in [1.29, 1.82) is 0 Å². The number of aromatic nitrogens is 1. The number of para-hydroxylation sites is 1. The van der Waals surface area contributed by atoms with Crippen molar-refractivity contribution in [3.63, 3.8) is 0 Å². The summed E-state index contributed by atoms with van der Waals surface area (Å²) < 4.78 is 23.4. The molecule has 1 saturated heterocycles. The van der Waals surface area contributed by atoms with Crippen LogP contribution in [-0.2, 0) is 20.8 Å². The molecule has 1 unspecified atom stereocenters. The number of ether oxygens (including phenoxy) is 4. The van der Waals surface area contributed by atoms with Gasteiger partial charge in [0.1, 0.15) is 30.8 Å². The van der Waals surface area contributed by atoms with Gasteiger partial charge in [0, 0.05) is 16.6 Å². The predicted octanol–water partition coefficient (Wildman–Crippen LogP) is 3.51. The van der Waals surface area contributed by atoms with Gasteiger partial charge in [0.05, 0.1) is 18.8 Å². The SMILES string of the molecule is CCOC(=O)c1c(C)n(CC(=O)Oc2ccccc2)c2ccc(OCC3CO3)cc12. The maximum absolute atomic E-state index is 12.6. The fourth-order valence-corrected chi connectivity index (χ4v) is 3.35. The second-order valence-electron chi connectivity index (χ2n) is 7.00. The van der Waals surface area contributed by atoms with Crippen LogP contribution in [0.1, 0.15) is 23.0 Å². The number of carbonyl (C=O) groups is 2. The summed E-state index contributed by atoms with van der Waals surface area (Å²) in [6.45, 7) is 4.94. The van der Waals surface area contributed by atoms with E-state index in [1.807, 2.05) is 18.2 Å². The first-order valence-electron chi connectivity index (χ1n) is 9.87. The van der Waals surface area contributed by atoms with Gasteiger partial charge >= 0.3 is 11.9 Å². The van der Waals surface area contributed by atoms with E-state index < -0.39 is 11.9 Å². The number of esters is 2. The van der Waals surface area contributed by atoms with Gasteiger partial charge in [-0.05, 0) is 44.2 Å². The molecule has 0 N–H and O–H groups in total. The molecular weight excluding hydrogens is 386 g/mol. The largest absolute Gasteiger partial charge is 0.491 e. The highest BCUT2D eigenvalue weighted by Crippen LogP contribution is 2.31. The van der Waals surface area contributed by atoms with Crippen molar-refractivity contribution in [2.45, 2.75) is 26.5 Å². The molecule has 7 nitrogen and oxygen atoms in total. The molecule has 1 aliphatic rings. The number of hydrogen-bond acceptors (Lipinski definition) is 6. The summed E-state index contributed by atoms with van der Waals surface area (Å²) in [5, 5.41) is 0.674. The van der Waals surface area contributed by atoms with Crippen molar-refractivity contribution in [3.05, 3.63) is 59.8 Å². The number of benzene rings is 2. The van der Waals surface area contributed by atoms with Gasteiger partial charge in [0.25, 0.3) is 0 Å². The molecule has 0 aliphatic carbocycles. The molecule has 2 heterocycles. The summed E-state index contributed by atoms with van der Waals surface area (Å²) >= 11 is 0. The fourth-order valence-electron chi connectivity index (χ4n) is 3.35. The summed E-state index contributed by atoms with van der Waals surface area (Å²) in [4.78, 5) is 25.2. The maximum atomic E-state index is 12.6. The van der Waals surface area contributed by atoms with E-state index >= 15 is 0 Å². The second-order valence-corrected chi connectivity index (χ2v) is 7.00. The van der Waals surface area contributed by atoms with Crippen LogP contribution in [0.4, 0.5) is 0 Å². The lowest BCUT2D eigenvalue weighted by Gasteiger charge is -2.09. The molecule has 0 spiro atoms. The molecule has 30 heavy (non-hydrogen) atoms. The highest BCUT2D eigenvalue weighted by molar-refractivity contribution is 6.06. The number of epoxide rings is 1. The van der Waals surface area contributed by atoms with Gasteiger partial charge in [0.2, 0.25) is 0 Å². The Morgan fingerprint density at radius 1 is 1.13 bits per heavy atom. The molecule has 1 aromatic heterocycles. The zero-order valence-corrected chi connectivity index (χ0v) is 16.9. The lowest BCUT2D eigenvalue weighted by molar-refractivity contribution is -0.135. The van der Waals surface area contributed by atoms with E-state index in [2.05, 4.69) is 0 Å². The number of nitrogens with zero attached hydrogens (tertiary/aromatic N) is 1. The third kappa shape index (κ3) is 4.31. The smallest absolute Gasteiger partial charge is 0.340 e. The summed E-state index contributed by atoms with van der Waals surface area (Å²) in [5.74, 6) is 0.244. The van der Waals surface area contributed by atoms with E-state index in [9.17, 15) is 9.59 Å². The van der Waals surface area contributed by atoms with Crippen molar-refractivity contribution >= 4 is 22.8 Å². The van der Waals surface area contributed by atoms with Gasteiger partial charge < -0.3 is 23.5 Å². The third-order valence-electron chi connectivity index (χ3n) is 4.87. The first kappa shape index (κ1) is 20.0. The zero-order valence-electron chi connectivity index (χ0n) is 16.9. The number of fused-ring (bicyclic) bond motifs is 1. The minimum absolute atomic E-state index is 0.0350. The third-order valence-corrected chi connectivity index (χ3v) is 4.87. The van der Waals surface area contributed by atoms with E-state index in [1.165, 1.54) is 0 Å². The monoisotopic (exact) mass is 409 g/mol. The zero-order chi connectivity index (χ0) is 21.1. The van der Waals surface area contributed by atoms with Crippen LogP contribution in [0.25, 0.3) is 10.9 Å². The first-order chi connectivity index (χ1) is 14.6. The van der Waals surface area contributed by atoms with Gasteiger partial charge in [-0.2, -0.15) is 0 Å². The Balaban J connectivity index is 1.66. The average Bonchev–Trinajstić information content (AvgIpc) is 3.52. The predicted molar refractivity (Wildman–Crippen MR) is 110 cm³/mol. The van der Waals surface area contributed by atoms with Crippen molar-refractivity contribution in [3.8, 4) is 11.5 Å². The normalized spacial score (nSPS) is 15.1. The van der Waals surface area contributed by atoms with E-state index in [0.29, 0.717) is 41.4 Å². The highest BCUT2D eigenvalue weighted by Gasteiger charge is 2.25. The van der Waals surface area contributed by atoms with Crippen LogP contribution in [0.2, 0.25) is 0 Å². The molecule has 1 aliphatic heterocycles. The van der Waals surface area contributed by atoms with Crippen LogP contribution in [0.15, 0.2) is 48.5 Å². The Hall–Kier alpha value is -3.32. The molecule has 156 valence electrons. The number of carbonyl (C=O) groups excluding carboxylic acids is 2. The van der Waals surface area contributed by atoms with Gasteiger partial charge in [-0.1, -0.05) is 18.2 Å². The lowest BCUT2D eigenvalue weighted by atomic mass is 10.1. The Morgan fingerprint density at radius 2 is 1.90 bits per heavy atom. The second kappa shape index (κ2) is 8.59. The summed E-state index contributed by atoms with van der Waals surface area (Å²) in [6, 6.07) is 14.3. The molecule has 0 radical (unpaired) electrons. The average molecular weight is 409 g/mol. The quantitative estimate of drug-likeness (QED) is 0.322. The summed E-state index contributed by atoms with van der Waals surface area (Å²) in [5.41, 5.74) is 1.79. The Labute approximate surface area is 174 Å². The van der Waals surface area contributed by atoms with Crippen molar-refractivity contribution in [1.82, 2.24) is 4.57 Å². The van der Waals surface area contributed by atoms with Gasteiger partial charge in [-0.15, -0.1) is 0 Å². The minimum atomic E-state index is -0.433. The van der Waals surface area contributed by atoms with E-state index in [4.69, 9.17) is 18.9 Å². The highest BCUT2D eigenvalue weighted by atomic mass is 16.6. The molecule has 1 atom stereocenters. The van der Waals surface area contributed by atoms with Crippen LogP contribution in [0.5, 0.6) is 11.5 Å². The van der Waals surface area contributed by atoms with Crippen LogP contribution < -0.4 is 9.47 Å². The summed E-state index contributed by atoms with van der Waals surface area (Å²) in [6.07, 6.45) is 0.129. The van der Waals surface area contributed by atoms with Crippen molar-refractivity contribution < 1.29 is 28.5 Å². The molecule has 7 heteroatoms. The molecule has 0 amide bonds. The Morgan fingerprint density at radius 3 is 2.60 bits per heavy atom. The van der Waals surface area contributed by atoms with Crippen LogP contribution in [0.3, 0.4) is 0 Å². The lowest BCUT2D eigenvalue weighted by Crippen LogP contribution is -2.17. The first-order valence-corrected chi connectivity index (χ1v) is 9.87. The van der Waals surface area contributed by atoms with E-state index in [0.717, 1.165) is 5.52 Å². The molecule has 4 rings (SSSR count). The van der Waals surface area contributed by atoms with E-state index in [-0.39, 0.29) is 19.3 Å².